The summed E-state index contributed by atoms with van der Waals surface area (Å²) in [5, 5.41) is 0. The Morgan fingerprint density at radius 1 is 0.284 bits per heavy atom. The van der Waals surface area contributed by atoms with E-state index in [1.54, 1.807) is 0 Å². The van der Waals surface area contributed by atoms with Crippen LogP contribution in [0.5, 0.6) is 0 Å². The number of carbonyl (C=O) groups excluding carboxylic acids is 3. The lowest BCUT2D eigenvalue weighted by molar-refractivity contribution is -0.167. The SMILES string of the molecule is CC/C=C\C/C=C\C/C=C\C/C=C\C/C=C\C/C=C\CCCCC(=O)OC(COC(=O)CCCCCCCCCCCCC)COC(=O)CCCCCCCCCCCCCCCCCCCCCCCCCC. The Kier molecular flexibility index (Phi) is 59.7. The molecule has 0 radical (unpaired) electrons. The van der Waals surface area contributed by atoms with Crippen LogP contribution in [0.25, 0.3) is 0 Å². The van der Waals surface area contributed by atoms with Gasteiger partial charge >= 0.3 is 17.9 Å². The van der Waals surface area contributed by atoms with Gasteiger partial charge < -0.3 is 14.2 Å². The first-order valence-corrected chi connectivity index (χ1v) is 31.9. The standard InChI is InChI=1S/C68H120O6/c1-4-7-10-13-16-19-22-24-26-28-30-32-33-34-36-37-39-41-43-46-49-52-55-58-61-67(70)73-64-65(63-72-66(69)60-57-54-51-48-45-21-18-15-12-9-6-3)74-68(71)62-59-56-53-50-47-44-42-40-38-35-31-29-27-25-23-20-17-14-11-8-5-2/h8,11,17,20,25,27,31,35,40,42,47,50,65H,4-7,9-10,12-16,18-19,21-24,26,28-30,32-34,36-39,41,43-46,48-49,51-64H2,1-3H3/b11-8-,20-17-,27-25-,35-31-,42-40-,50-47-. The van der Waals surface area contributed by atoms with Crippen molar-refractivity contribution in [3.8, 4) is 0 Å². The summed E-state index contributed by atoms with van der Waals surface area (Å²) in [5.74, 6) is -0.918. The molecule has 0 heterocycles. The maximum absolute atomic E-state index is 12.9. The third kappa shape index (κ3) is 59.7. The molecule has 6 nitrogen and oxygen atoms in total. The quantitative estimate of drug-likeness (QED) is 0.0261. The number of esters is 3. The first kappa shape index (κ1) is 70.8. The molecule has 428 valence electrons. The van der Waals surface area contributed by atoms with Crippen molar-refractivity contribution in [1.82, 2.24) is 0 Å². The molecule has 0 aromatic rings. The molecule has 0 aliphatic heterocycles. The maximum atomic E-state index is 12.9. The second-order valence-corrected chi connectivity index (χ2v) is 21.3. The minimum Gasteiger partial charge on any atom is -0.462 e. The van der Waals surface area contributed by atoms with Crippen LogP contribution in [0, 0.1) is 0 Å². The Morgan fingerprint density at radius 2 is 0.527 bits per heavy atom. The molecule has 0 aromatic carbocycles. The summed E-state index contributed by atoms with van der Waals surface area (Å²) >= 11 is 0. The molecule has 0 bridgehead atoms. The van der Waals surface area contributed by atoms with Gasteiger partial charge in [0.1, 0.15) is 13.2 Å². The van der Waals surface area contributed by atoms with Crippen molar-refractivity contribution >= 4 is 17.9 Å². The molecule has 0 fully saturated rings. The zero-order chi connectivity index (χ0) is 53.6. The van der Waals surface area contributed by atoms with Gasteiger partial charge in [0.05, 0.1) is 0 Å². The van der Waals surface area contributed by atoms with Gasteiger partial charge in [-0.3, -0.25) is 14.4 Å². The van der Waals surface area contributed by atoms with Gasteiger partial charge in [0, 0.05) is 19.3 Å². The van der Waals surface area contributed by atoms with Crippen molar-refractivity contribution in [3.63, 3.8) is 0 Å². The number of hydrogen-bond acceptors (Lipinski definition) is 6. The lowest BCUT2D eigenvalue weighted by atomic mass is 10.0. The van der Waals surface area contributed by atoms with E-state index in [1.165, 1.54) is 186 Å². The zero-order valence-corrected chi connectivity index (χ0v) is 49.1. The van der Waals surface area contributed by atoms with Gasteiger partial charge in [-0.05, 0) is 70.6 Å². The molecule has 0 aliphatic carbocycles. The largest absolute Gasteiger partial charge is 0.462 e. The molecule has 0 aromatic heterocycles. The van der Waals surface area contributed by atoms with Gasteiger partial charge in [-0.2, -0.15) is 0 Å². The van der Waals surface area contributed by atoms with E-state index in [4.69, 9.17) is 14.2 Å². The fourth-order valence-corrected chi connectivity index (χ4v) is 9.21. The minimum absolute atomic E-state index is 0.0891. The number of unbranched alkanes of at least 4 members (excludes halogenated alkanes) is 35. The average molecular weight is 1030 g/mol. The minimum atomic E-state index is -0.796. The van der Waals surface area contributed by atoms with Gasteiger partial charge in [-0.1, -0.05) is 306 Å². The average Bonchev–Trinajstić information content (AvgIpc) is 3.40. The van der Waals surface area contributed by atoms with E-state index in [1.807, 2.05) is 0 Å². The Labute approximate surface area is 459 Å². The smallest absolute Gasteiger partial charge is 0.306 e. The summed E-state index contributed by atoms with van der Waals surface area (Å²) in [5.41, 5.74) is 0. The van der Waals surface area contributed by atoms with Crippen LogP contribution in [0.3, 0.4) is 0 Å². The van der Waals surface area contributed by atoms with Crippen LogP contribution in [0.15, 0.2) is 72.9 Å². The van der Waals surface area contributed by atoms with E-state index in [0.717, 1.165) is 89.9 Å². The maximum Gasteiger partial charge on any atom is 0.306 e. The van der Waals surface area contributed by atoms with Crippen LogP contribution in [0.2, 0.25) is 0 Å². The van der Waals surface area contributed by atoms with Crippen LogP contribution in [0.1, 0.15) is 323 Å². The second-order valence-electron chi connectivity index (χ2n) is 21.3. The van der Waals surface area contributed by atoms with Gasteiger partial charge in [-0.15, -0.1) is 0 Å². The molecule has 0 saturated heterocycles. The topological polar surface area (TPSA) is 78.9 Å². The third-order valence-corrected chi connectivity index (χ3v) is 14.0. The fourth-order valence-electron chi connectivity index (χ4n) is 9.21. The number of ether oxygens (including phenoxy) is 3. The van der Waals surface area contributed by atoms with Crippen molar-refractivity contribution in [2.24, 2.45) is 0 Å². The predicted molar refractivity (Wildman–Crippen MR) is 321 cm³/mol. The van der Waals surface area contributed by atoms with E-state index in [9.17, 15) is 14.4 Å². The number of rotatable bonds is 58. The highest BCUT2D eigenvalue weighted by Crippen LogP contribution is 2.17. The summed E-state index contributed by atoms with van der Waals surface area (Å²) in [7, 11) is 0. The number of carbonyl (C=O) groups is 3. The summed E-state index contributed by atoms with van der Waals surface area (Å²) in [6.07, 6.45) is 80.6. The van der Waals surface area contributed by atoms with E-state index in [2.05, 4.69) is 93.7 Å². The van der Waals surface area contributed by atoms with Crippen molar-refractivity contribution in [3.05, 3.63) is 72.9 Å². The van der Waals surface area contributed by atoms with Gasteiger partial charge in [0.15, 0.2) is 6.10 Å². The normalized spacial score (nSPS) is 12.5. The monoisotopic (exact) mass is 1030 g/mol. The Morgan fingerprint density at radius 3 is 0.824 bits per heavy atom. The number of hydrogen-bond donors (Lipinski definition) is 0. The van der Waals surface area contributed by atoms with Crippen LogP contribution in [-0.2, 0) is 28.6 Å². The molecule has 1 atom stereocenters. The molecule has 0 aliphatic rings. The molecule has 6 heteroatoms. The predicted octanol–water partition coefficient (Wildman–Crippen LogP) is 21.7. The highest BCUT2D eigenvalue weighted by atomic mass is 16.6. The van der Waals surface area contributed by atoms with Crippen LogP contribution in [0.4, 0.5) is 0 Å². The molecule has 0 amide bonds. The highest BCUT2D eigenvalue weighted by Gasteiger charge is 2.19. The molecule has 0 N–H and O–H groups in total. The number of allylic oxidation sites excluding steroid dienone is 12. The first-order chi connectivity index (χ1) is 36.5. The fraction of sp³-hybridized carbons (Fsp3) is 0.779. The third-order valence-electron chi connectivity index (χ3n) is 14.0. The zero-order valence-electron chi connectivity index (χ0n) is 49.1. The van der Waals surface area contributed by atoms with Gasteiger partial charge in [0.2, 0.25) is 0 Å². The Bertz CT molecular complexity index is 1370. The van der Waals surface area contributed by atoms with E-state index >= 15 is 0 Å². The summed E-state index contributed by atoms with van der Waals surface area (Å²) in [6.45, 7) is 6.53. The van der Waals surface area contributed by atoms with Crippen molar-refractivity contribution in [2.45, 2.75) is 329 Å². The summed E-state index contributed by atoms with van der Waals surface area (Å²) in [4.78, 5) is 38.2. The molecular weight excluding hydrogens is 913 g/mol. The summed E-state index contributed by atoms with van der Waals surface area (Å²) < 4.78 is 16.9. The lowest BCUT2D eigenvalue weighted by Gasteiger charge is -2.18. The first-order valence-electron chi connectivity index (χ1n) is 31.9. The highest BCUT2D eigenvalue weighted by molar-refractivity contribution is 5.71. The van der Waals surface area contributed by atoms with Crippen molar-refractivity contribution in [1.29, 1.82) is 0 Å². The summed E-state index contributed by atoms with van der Waals surface area (Å²) in [6, 6.07) is 0. The van der Waals surface area contributed by atoms with Crippen molar-refractivity contribution in [2.75, 3.05) is 13.2 Å². The molecule has 0 saturated carbocycles. The Balaban J connectivity index is 4.31. The molecule has 1 unspecified atom stereocenters. The lowest BCUT2D eigenvalue weighted by Crippen LogP contribution is -2.30. The van der Waals surface area contributed by atoms with Crippen LogP contribution >= 0.6 is 0 Å². The van der Waals surface area contributed by atoms with Gasteiger partial charge in [0.25, 0.3) is 0 Å². The van der Waals surface area contributed by atoms with Crippen molar-refractivity contribution < 1.29 is 28.6 Å². The van der Waals surface area contributed by atoms with Gasteiger partial charge in [-0.25, -0.2) is 0 Å². The molecule has 74 heavy (non-hydrogen) atoms. The second kappa shape index (κ2) is 62.4. The van der Waals surface area contributed by atoms with Crippen LogP contribution in [-0.4, -0.2) is 37.2 Å². The van der Waals surface area contributed by atoms with E-state index < -0.39 is 6.10 Å². The molecular formula is C68H120O6. The van der Waals surface area contributed by atoms with Crippen LogP contribution < -0.4 is 0 Å². The molecule has 0 rings (SSSR count). The van der Waals surface area contributed by atoms with E-state index in [-0.39, 0.29) is 37.5 Å². The van der Waals surface area contributed by atoms with E-state index in [0.29, 0.717) is 19.3 Å². The molecule has 0 spiro atoms. The Hall–Kier alpha value is -3.15.